The van der Waals surface area contributed by atoms with Gasteiger partial charge in [-0.15, -0.1) is 0 Å². The molecule has 1 unspecified atom stereocenters. The van der Waals surface area contributed by atoms with Crippen LogP contribution in [0, 0.1) is 5.41 Å². The third-order valence-corrected chi connectivity index (χ3v) is 3.16. The first-order chi connectivity index (χ1) is 8.23. The van der Waals surface area contributed by atoms with Crippen LogP contribution >= 0.6 is 0 Å². The Hall–Kier alpha value is -1.30. The molecule has 2 N–H and O–H groups in total. The van der Waals surface area contributed by atoms with Crippen LogP contribution in [0.3, 0.4) is 0 Å². The van der Waals surface area contributed by atoms with Crippen LogP contribution in [0.2, 0.25) is 0 Å². The molecule has 0 spiro atoms. The Morgan fingerprint density at radius 3 is 2.17 bits per heavy atom. The number of carbonyl (C=O) groups is 2. The van der Waals surface area contributed by atoms with Gasteiger partial charge in [-0.25, -0.2) is 4.79 Å². The van der Waals surface area contributed by atoms with Gasteiger partial charge in [0, 0.05) is 26.7 Å². The molecule has 0 fully saturated rings. The van der Waals surface area contributed by atoms with Crippen molar-refractivity contribution < 1.29 is 14.7 Å². The van der Waals surface area contributed by atoms with E-state index in [4.69, 9.17) is 5.11 Å². The van der Waals surface area contributed by atoms with Crippen molar-refractivity contribution in [3.05, 3.63) is 0 Å². The zero-order valence-corrected chi connectivity index (χ0v) is 12.0. The molecule has 6 heteroatoms. The Morgan fingerprint density at radius 2 is 1.78 bits per heavy atom. The molecule has 0 aliphatic carbocycles. The average molecular weight is 259 g/mol. The summed E-state index contributed by atoms with van der Waals surface area (Å²) in [6, 6.07) is -0.238. The lowest BCUT2D eigenvalue weighted by Crippen LogP contribution is -2.46. The van der Waals surface area contributed by atoms with Gasteiger partial charge < -0.3 is 20.2 Å². The number of amides is 2. The molecular weight excluding hydrogens is 234 g/mol. The predicted octanol–water partition coefficient (Wildman–Crippen LogP) is 0.690. The Morgan fingerprint density at radius 1 is 1.22 bits per heavy atom. The first-order valence-corrected chi connectivity index (χ1v) is 6.10. The summed E-state index contributed by atoms with van der Waals surface area (Å²) in [6.07, 6.45) is 0.476. The quantitative estimate of drug-likeness (QED) is 0.705. The van der Waals surface area contributed by atoms with Crippen molar-refractivity contribution in [3.8, 4) is 0 Å². The minimum atomic E-state index is -0.905. The first kappa shape index (κ1) is 16.7. The van der Waals surface area contributed by atoms with Crippen molar-refractivity contribution in [2.45, 2.75) is 20.3 Å². The van der Waals surface area contributed by atoms with Crippen molar-refractivity contribution >= 4 is 12.0 Å². The molecule has 0 saturated heterocycles. The van der Waals surface area contributed by atoms with Crippen LogP contribution in [0.15, 0.2) is 0 Å². The molecule has 106 valence electrons. The highest BCUT2D eigenvalue weighted by molar-refractivity contribution is 5.77. The smallest absolute Gasteiger partial charge is 0.317 e. The van der Waals surface area contributed by atoms with Crippen molar-refractivity contribution in [1.82, 2.24) is 15.1 Å². The van der Waals surface area contributed by atoms with Crippen LogP contribution in [0.4, 0.5) is 4.79 Å². The van der Waals surface area contributed by atoms with Crippen molar-refractivity contribution in [3.63, 3.8) is 0 Å². The van der Waals surface area contributed by atoms with E-state index in [1.54, 1.807) is 25.8 Å². The molecule has 0 aromatic carbocycles. The highest BCUT2D eigenvalue weighted by Gasteiger charge is 2.31. The summed E-state index contributed by atoms with van der Waals surface area (Å²) in [5.74, 6) is -0.888. The number of aliphatic carboxylic acids is 1. The molecule has 1 atom stereocenters. The fraction of sp³-hybridized carbons (Fsp3) is 0.833. The zero-order valence-electron chi connectivity index (χ0n) is 12.0. The monoisotopic (exact) mass is 259 g/mol. The minimum Gasteiger partial charge on any atom is -0.481 e. The number of rotatable bonds is 7. The fourth-order valence-electron chi connectivity index (χ4n) is 1.21. The van der Waals surface area contributed by atoms with Crippen molar-refractivity contribution in [2.24, 2.45) is 5.41 Å². The highest BCUT2D eigenvalue weighted by atomic mass is 16.4. The summed E-state index contributed by atoms with van der Waals surface area (Å²) in [7, 11) is 5.57. The summed E-state index contributed by atoms with van der Waals surface area (Å²) in [5.41, 5.74) is -0.905. The third-order valence-electron chi connectivity index (χ3n) is 3.16. The number of urea groups is 1. The van der Waals surface area contributed by atoms with E-state index in [9.17, 15) is 9.59 Å². The number of carbonyl (C=O) groups excluding carboxylic acids is 1. The predicted molar refractivity (Wildman–Crippen MR) is 70.6 cm³/mol. The second kappa shape index (κ2) is 7.20. The molecule has 2 amide bonds. The summed E-state index contributed by atoms with van der Waals surface area (Å²) < 4.78 is 0. The van der Waals surface area contributed by atoms with Gasteiger partial charge in [0.15, 0.2) is 0 Å². The van der Waals surface area contributed by atoms with Crippen LogP contribution in [-0.2, 0) is 4.79 Å². The van der Waals surface area contributed by atoms with E-state index in [0.29, 0.717) is 13.0 Å². The molecular formula is C12H25N3O3. The molecule has 0 radical (unpaired) electrons. The second-order valence-corrected chi connectivity index (χ2v) is 5.10. The number of hydrogen-bond donors (Lipinski definition) is 2. The van der Waals surface area contributed by atoms with Crippen LogP contribution in [0.5, 0.6) is 0 Å². The van der Waals surface area contributed by atoms with Gasteiger partial charge >= 0.3 is 12.0 Å². The molecule has 0 rings (SSSR count). The summed E-state index contributed by atoms with van der Waals surface area (Å²) in [5, 5.41) is 11.8. The maximum absolute atomic E-state index is 11.7. The lowest BCUT2D eigenvalue weighted by molar-refractivity contribution is -0.147. The van der Waals surface area contributed by atoms with Crippen LogP contribution in [0.25, 0.3) is 0 Å². The Balaban J connectivity index is 4.20. The van der Waals surface area contributed by atoms with Gasteiger partial charge in [0.2, 0.25) is 0 Å². The summed E-state index contributed by atoms with van der Waals surface area (Å²) in [4.78, 5) is 26.4. The number of likely N-dealkylation sites (N-methyl/N-ethyl adjacent to an activating group) is 2. The van der Waals surface area contributed by atoms with E-state index in [0.717, 1.165) is 6.54 Å². The van der Waals surface area contributed by atoms with E-state index in [-0.39, 0.29) is 12.6 Å². The van der Waals surface area contributed by atoms with E-state index >= 15 is 0 Å². The normalized spacial score (nSPS) is 14.1. The molecule has 0 heterocycles. The van der Waals surface area contributed by atoms with E-state index in [1.165, 1.54) is 0 Å². The van der Waals surface area contributed by atoms with E-state index in [2.05, 4.69) is 5.32 Å². The van der Waals surface area contributed by atoms with Gasteiger partial charge in [-0.05, 0) is 27.4 Å². The molecule has 0 aliphatic heterocycles. The molecule has 6 nitrogen and oxygen atoms in total. The van der Waals surface area contributed by atoms with Gasteiger partial charge in [-0.2, -0.15) is 0 Å². The minimum absolute atomic E-state index is 0.143. The largest absolute Gasteiger partial charge is 0.481 e. The van der Waals surface area contributed by atoms with Crippen LogP contribution in [-0.4, -0.2) is 67.7 Å². The van der Waals surface area contributed by atoms with E-state index in [1.807, 2.05) is 19.0 Å². The lowest BCUT2D eigenvalue weighted by Gasteiger charge is -2.26. The number of nitrogens with one attached hydrogen (secondary N) is 1. The standard InChI is InChI=1S/C12H25N3O3/c1-6-12(2,10(16)17)9-13-11(18)15(5)8-7-14(3)4/h6-9H2,1-5H3,(H,13,18)(H,16,17). The lowest BCUT2D eigenvalue weighted by atomic mass is 9.88. The van der Waals surface area contributed by atoms with E-state index < -0.39 is 11.4 Å². The van der Waals surface area contributed by atoms with Crippen LogP contribution < -0.4 is 5.32 Å². The first-order valence-electron chi connectivity index (χ1n) is 6.10. The van der Waals surface area contributed by atoms with Gasteiger partial charge in [0.1, 0.15) is 0 Å². The summed E-state index contributed by atoms with van der Waals surface area (Å²) in [6.45, 7) is 4.96. The molecule has 0 saturated carbocycles. The van der Waals surface area contributed by atoms with Gasteiger partial charge in [-0.3, -0.25) is 4.79 Å². The fourth-order valence-corrected chi connectivity index (χ4v) is 1.21. The Labute approximate surface area is 109 Å². The van der Waals surface area contributed by atoms with Crippen LogP contribution in [0.1, 0.15) is 20.3 Å². The average Bonchev–Trinajstić information content (AvgIpc) is 2.31. The Kier molecular flexibility index (Phi) is 6.68. The zero-order chi connectivity index (χ0) is 14.3. The maximum Gasteiger partial charge on any atom is 0.317 e. The second-order valence-electron chi connectivity index (χ2n) is 5.10. The molecule has 0 aromatic rings. The number of nitrogens with zero attached hydrogens (tertiary/aromatic N) is 2. The molecule has 0 bridgehead atoms. The topological polar surface area (TPSA) is 72.9 Å². The molecule has 0 aromatic heterocycles. The number of carboxylic acids is 1. The summed E-state index contributed by atoms with van der Waals surface area (Å²) >= 11 is 0. The molecule has 0 aliphatic rings. The number of carboxylic acid groups (broad SMARTS) is 1. The van der Waals surface area contributed by atoms with Crippen molar-refractivity contribution in [2.75, 3.05) is 40.8 Å². The number of hydrogen-bond acceptors (Lipinski definition) is 3. The Bertz CT molecular complexity index is 294. The van der Waals surface area contributed by atoms with Crippen molar-refractivity contribution in [1.29, 1.82) is 0 Å². The van der Waals surface area contributed by atoms with Gasteiger partial charge in [0.25, 0.3) is 0 Å². The van der Waals surface area contributed by atoms with Gasteiger partial charge in [-0.1, -0.05) is 6.92 Å². The molecule has 18 heavy (non-hydrogen) atoms. The van der Waals surface area contributed by atoms with Gasteiger partial charge in [0.05, 0.1) is 5.41 Å². The third kappa shape index (κ3) is 5.35. The highest BCUT2D eigenvalue weighted by Crippen LogP contribution is 2.19. The SMILES string of the molecule is CCC(C)(CNC(=O)N(C)CCN(C)C)C(=O)O. The maximum atomic E-state index is 11.7.